The largest absolute Gasteiger partial charge is 0.465 e. The molecular weight excluding hydrogens is 364 g/mol. The van der Waals surface area contributed by atoms with Crippen LogP contribution in [0.1, 0.15) is 24.2 Å². The molecule has 1 fully saturated rings. The summed E-state index contributed by atoms with van der Waals surface area (Å²) < 4.78 is 5.25. The van der Waals surface area contributed by atoms with Crippen LogP contribution in [-0.4, -0.2) is 33.9 Å². The van der Waals surface area contributed by atoms with E-state index < -0.39 is 0 Å². The van der Waals surface area contributed by atoms with Crippen molar-refractivity contribution in [1.82, 2.24) is 14.9 Å². The Morgan fingerprint density at radius 1 is 1.17 bits per heavy atom. The van der Waals surface area contributed by atoms with Crippen LogP contribution in [0.25, 0.3) is 6.08 Å². The lowest BCUT2D eigenvalue weighted by Crippen LogP contribution is -2.39. The number of nitrogens with zero attached hydrogens (tertiary/aromatic N) is 3. The van der Waals surface area contributed by atoms with Gasteiger partial charge in [-0.15, -0.1) is 0 Å². The number of hydrogen-bond acceptors (Lipinski definition) is 5. The highest BCUT2D eigenvalue weighted by atomic mass is 16.3. The molecule has 1 unspecified atom stereocenters. The Morgan fingerprint density at radius 2 is 2.10 bits per heavy atom. The molecule has 1 atom stereocenters. The molecule has 148 valence electrons. The van der Waals surface area contributed by atoms with Crippen molar-refractivity contribution in [2.45, 2.75) is 19.3 Å². The second-order valence-corrected chi connectivity index (χ2v) is 7.23. The normalized spacial score (nSPS) is 16.8. The molecule has 1 saturated heterocycles. The number of aromatic nitrogens is 2. The lowest BCUT2D eigenvalue weighted by Gasteiger charge is -2.32. The molecule has 0 aromatic carbocycles. The van der Waals surface area contributed by atoms with Crippen LogP contribution in [0.5, 0.6) is 0 Å². The van der Waals surface area contributed by atoms with Gasteiger partial charge in [-0.25, -0.2) is 9.97 Å². The standard InChI is InChI=1S/C23H24N4O2/c28-23(9-8-20-6-4-14-29-20)27-13-3-5-19(17-27)15-18-10-12-25-22(16-18)26-21-7-1-2-11-24-21/h1-2,4,6-12,14,16,19H,3,5,13,15,17H2,(H,24,25,26)/b9-8+. The van der Waals surface area contributed by atoms with Crippen LogP contribution < -0.4 is 5.32 Å². The first-order chi connectivity index (χ1) is 14.3. The number of amides is 1. The fourth-order valence-corrected chi connectivity index (χ4v) is 3.65. The first kappa shape index (κ1) is 18.9. The Morgan fingerprint density at radius 3 is 2.93 bits per heavy atom. The molecule has 3 aromatic rings. The van der Waals surface area contributed by atoms with E-state index in [1.165, 1.54) is 5.56 Å². The molecule has 6 nitrogen and oxygen atoms in total. The number of carbonyl (C=O) groups is 1. The fraction of sp³-hybridized carbons (Fsp3) is 0.261. The first-order valence-electron chi connectivity index (χ1n) is 9.90. The van der Waals surface area contributed by atoms with Gasteiger partial charge >= 0.3 is 0 Å². The number of likely N-dealkylation sites (tertiary alicyclic amines) is 1. The Kier molecular flexibility index (Phi) is 6.00. The number of anilines is 2. The molecule has 29 heavy (non-hydrogen) atoms. The highest BCUT2D eigenvalue weighted by molar-refractivity contribution is 5.91. The molecule has 1 aliphatic heterocycles. The van der Waals surface area contributed by atoms with Crippen molar-refractivity contribution in [3.8, 4) is 0 Å². The zero-order chi connectivity index (χ0) is 19.9. The maximum Gasteiger partial charge on any atom is 0.246 e. The summed E-state index contributed by atoms with van der Waals surface area (Å²) in [5.74, 6) is 2.73. The zero-order valence-corrected chi connectivity index (χ0v) is 16.2. The Hall–Kier alpha value is -3.41. The van der Waals surface area contributed by atoms with E-state index in [9.17, 15) is 4.79 Å². The molecule has 4 rings (SSSR count). The smallest absolute Gasteiger partial charge is 0.246 e. The van der Waals surface area contributed by atoms with Gasteiger partial charge in [-0.2, -0.15) is 0 Å². The van der Waals surface area contributed by atoms with Crippen molar-refractivity contribution in [3.63, 3.8) is 0 Å². The van der Waals surface area contributed by atoms with Crippen LogP contribution in [-0.2, 0) is 11.2 Å². The SMILES string of the molecule is O=C(/C=C/c1ccco1)N1CCCC(Cc2ccnc(Nc3ccccn3)c2)C1. The van der Waals surface area contributed by atoms with Gasteiger partial charge in [0.15, 0.2) is 0 Å². The van der Waals surface area contributed by atoms with Gasteiger partial charge < -0.3 is 14.6 Å². The van der Waals surface area contributed by atoms with Gasteiger partial charge in [-0.3, -0.25) is 4.79 Å². The minimum atomic E-state index is 0.0401. The van der Waals surface area contributed by atoms with Gasteiger partial charge in [0.1, 0.15) is 17.4 Å². The van der Waals surface area contributed by atoms with Gasteiger partial charge in [0, 0.05) is 31.6 Å². The Labute approximate surface area is 170 Å². The Balaban J connectivity index is 1.35. The van der Waals surface area contributed by atoms with Gasteiger partial charge in [0.05, 0.1) is 6.26 Å². The van der Waals surface area contributed by atoms with Crippen LogP contribution in [0, 0.1) is 5.92 Å². The molecule has 1 amide bonds. The molecule has 0 radical (unpaired) electrons. The highest BCUT2D eigenvalue weighted by Crippen LogP contribution is 2.23. The number of pyridine rings is 2. The minimum absolute atomic E-state index is 0.0401. The minimum Gasteiger partial charge on any atom is -0.465 e. The monoisotopic (exact) mass is 388 g/mol. The predicted octanol–water partition coefficient (Wildman–Crippen LogP) is 4.31. The third-order valence-corrected chi connectivity index (χ3v) is 5.03. The predicted molar refractivity (Wildman–Crippen MR) is 113 cm³/mol. The highest BCUT2D eigenvalue weighted by Gasteiger charge is 2.22. The quantitative estimate of drug-likeness (QED) is 0.637. The fourth-order valence-electron chi connectivity index (χ4n) is 3.65. The average molecular weight is 388 g/mol. The van der Waals surface area contributed by atoms with Gasteiger partial charge in [-0.1, -0.05) is 6.07 Å². The van der Waals surface area contributed by atoms with Gasteiger partial charge in [0.2, 0.25) is 5.91 Å². The van der Waals surface area contributed by atoms with Crippen LogP contribution in [0.4, 0.5) is 11.6 Å². The third kappa shape index (κ3) is 5.31. The summed E-state index contributed by atoms with van der Waals surface area (Å²) in [7, 11) is 0. The van der Waals surface area contributed by atoms with Crippen LogP contribution in [0.15, 0.2) is 71.6 Å². The first-order valence-corrected chi connectivity index (χ1v) is 9.90. The zero-order valence-electron chi connectivity index (χ0n) is 16.2. The number of carbonyl (C=O) groups excluding carboxylic acids is 1. The Bertz CT molecular complexity index is 954. The van der Waals surface area contributed by atoms with E-state index in [4.69, 9.17) is 4.42 Å². The number of furan rings is 1. The summed E-state index contributed by atoms with van der Waals surface area (Å²) in [6.45, 7) is 1.58. The van der Waals surface area contributed by atoms with Crippen LogP contribution >= 0.6 is 0 Å². The van der Waals surface area contributed by atoms with Crippen molar-refractivity contribution in [2.75, 3.05) is 18.4 Å². The van der Waals surface area contributed by atoms with E-state index in [0.717, 1.165) is 44.0 Å². The summed E-state index contributed by atoms with van der Waals surface area (Å²) in [6.07, 6.45) is 11.6. The number of rotatable bonds is 6. The third-order valence-electron chi connectivity index (χ3n) is 5.03. The topological polar surface area (TPSA) is 71.3 Å². The molecule has 1 aliphatic rings. The van der Waals surface area contributed by atoms with Crippen molar-refractivity contribution in [2.24, 2.45) is 5.92 Å². The summed E-state index contributed by atoms with van der Waals surface area (Å²) in [4.78, 5) is 23.1. The van der Waals surface area contributed by atoms with E-state index in [1.54, 1.807) is 24.6 Å². The van der Waals surface area contributed by atoms with Crippen molar-refractivity contribution >= 4 is 23.6 Å². The maximum absolute atomic E-state index is 12.5. The second-order valence-electron chi connectivity index (χ2n) is 7.23. The van der Waals surface area contributed by atoms with E-state index in [0.29, 0.717) is 11.7 Å². The summed E-state index contributed by atoms with van der Waals surface area (Å²) in [5.41, 5.74) is 1.21. The summed E-state index contributed by atoms with van der Waals surface area (Å²) in [5, 5.41) is 3.23. The molecule has 1 N–H and O–H groups in total. The maximum atomic E-state index is 12.5. The van der Waals surface area contributed by atoms with Crippen LogP contribution in [0.3, 0.4) is 0 Å². The van der Waals surface area contributed by atoms with Crippen LogP contribution in [0.2, 0.25) is 0 Å². The second kappa shape index (κ2) is 9.19. The molecule has 0 spiro atoms. The van der Waals surface area contributed by atoms with Crippen molar-refractivity contribution < 1.29 is 9.21 Å². The molecule has 0 aliphatic carbocycles. The number of nitrogens with one attached hydrogen (secondary N) is 1. The lowest BCUT2D eigenvalue weighted by molar-refractivity contribution is -0.127. The molecule has 3 aromatic heterocycles. The van der Waals surface area contributed by atoms with Crippen molar-refractivity contribution in [1.29, 1.82) is 0 Å². The van der Waals surface area contributed by atoms with E-state index in [2.05, 4.69) is 21.4 Å². The van der Waals surface area contributed by atoms with E-state index in [1.807, 2.05) is 47.5 Å². The number of hydrogen-bond donors (Lipinski definition) is 1. The molecular formula is C23H24N4O2. The molecule has 4 heterocycles. The number of piperidine rings is 1. The van der Waals surface area contributed by atoms with Gasteiger partial charge in [0.25, 0.3) is 0 Å². The van der Waals surface area contributed by atoms with Crippen molar-refractivity contribution in [3.05, 3.63) is 78.5 Å². The lowest BCUT2D eigenvalue weighted by atomic mass is 9.91. The van der Waals surface area contributed by atoms with Gasteiger partial charge in [-0.05, 0) is 73.2 Å². The summed E-state index contributed by atoms with van der Waals surface area (Å²) in [6, 6.07) is 13.5. The molecule has 6 heteroatoms. The van der Waals surface area contributed by atoms with E-state index >= 15 is 0 Å². The summed E-state index contributed by atoms with van der Waals surface area (Å²) >= 11 is 0. The molecule has 0 saturated carbocycles. The molecule has 0 bridgehead atoms. The average Bonchev–Trinajstić information content (AvgIpc) is 3.27. The van der Waals surface area contributed by atoms with E-state index in [-0.39, 0.29) is 5.91 Å².